The van der Waals surface area contributed by atoms with Crippen LogP contribution in [0.15, 0.2) is 34.9 Å². The van der Waals surface area contributed by atoms with Gasteiger partial charge in [-0.2, -0.15) is 0 Å². The monoisotopic (exact) mass is 428 g/mol. The van der Waals surface area contributed by atoms with Gasteiger partial charge in [-0.25, -0.2) is 0 Å². The Morgan fingerprint density at radius 1 is 0.935 bits per heavy atom. The maximum atomic E-state index is 7.00. The number of unbranched alkanes of at least 4 members (excludes halogenated alkanes) is 1. The number of hydrogen-bond donors (Lipinski definition) is 1. The minimum atomic E-state index is 0.510. The van der Waals surface area contributed by atoms with E-state index in [2.05, 4.69) is 52.8 Å². The van der Waals surface area contributed by atoms with Crippen LogP contribution in [-0.2, 0) is 0 Å². The van der Waals surface area contributed by atoms with Crippen molar-refractivity contribution in [3.63, 3.8) is 0 Å². The van der Waals surface area contributed by atoms with Gasteiger partial charge in [0.2, 0.25) is 0 Å². The van der Waals surface area contributed by atoms with Crippen molar-refractivity contribution in [2.75, 3.05) is 7.11 Å². The van der Waals surface area contributed by atoms with E-state index >= 15 is 0 Å². The quantitative estimate of drug-likeness (QED) is 0.330. The minimum Gasteiger partial charge on any atom is -0.400 e. The molecule has 4 atom stereocenters. The van der Waals surface area contributed by atoms with Gasteiger partial charge in [0.1, 0.15) is 0 Å². The Labute approximate surface area is 194 Å². The lowest BCUT2D eigenvalue weighted by molar-refractivity contribution is 0.257. The summed E-state index contributed by atoms with van der Waals surface area (Å²) >= 11 is 0. The summed E-state index contributed by atoms with van der Waals surface area (Å²) in [6.07, 6.45) is 25.8. The summed E-state index contributed by atoms with van der Waals surface area (Å²) in [6, 6.07) is 0. The van der Waals surface area contributed by atoms with Crippen LogP contribution in [0.2, 0.25) is 0 Å². The molecule has 0 aromatic heterocycles. The summed E-state index contributed by atoms with van der Waals surface area (Å²) in [5.41, 5.74) is 5.74. The average Bonchev–Trinajstić information content (AvgIpc) is 3.16. The molecule has 0 saturated heterocycles. The summed E-state index contributed by atoms with van der Waals surface area (Å²) in [7, 11) is 1.00. The molecule has 0 radical (unpaired) electrons. The summed E-state index contributed by atoms with van der Waals surface area (Å²) in [5, 5.41) is 7.00. The number of hydrogen-bond acceptors (Lipinski definition) is 1. The molecule has 0 aromatic rings. The first-order valence-electron chi connectivity index (χ1n) is 13.4. The molecule has 0 heterocycles. The molecule has 0 spiro atoms. The van der Waals surface area contributed by atoms with Gasteiger partial charge in [0.05, 0.1) is 0 Å². The van der Waals surface area contributed by atoms with Crippen molar-refractivity contribution in [3.05, 3.63) is 34.9 Å². The SMILES string of the molecule is CC/C=C1/CC/C(=C/C=C2\CCCC3C(CCCCC(C)(C)C)CCC23)C[C@H]1C.CO. The summed E-state index contributed by atoms with van der Waals surface area (Å²) in [5.74, 6) is 3.71. The zero-order valence-corrected chi connectivity index (χ0v) is 21.7. The smallest absolute Gasteiger partial charge is 0.0319 e. The molecule has 0 aliphatic heterocycles. The fourth-order valence-electron chi connectivity index (χ4n) is 6.52. The van der Waals surface area contributed by atoms with Crippen molar-refractivity contribution in [1.82, 2.24) is 0 Å². The zero-order chi connectivity index (χ0) is 22.9. The first kappa shape index (κ1) is 26.4. The molecule has 0 bridgehead atoms. The van der Waals surface area contributed by atoms with Gasteiger partial charge in [-0.3, -0.25) is 0 Å². The van der Waals surface area contributed by atoms with Crippen LogP contribution in [0.1, 0.15) is 118 Å². The normalized spacial score (nSPS) is 32.8. The molecule has 1 N–H and O–H groups in total. The number of allylic oxidation sites excluding steroid dienone is 6. The van der Waals surface area contributed by atoms with Gasteiger partial charge in [-0.05, 0) is 93.3 Å². The first-order valence-corrected chi connectivity index (χ1v) is 13.4. The molecular formula is C30H52O. The highest BCUT2D eigenvalue weighted by molar-refractivity contribution is 5.26. The Hall–Kier alpha value is -0.820. The summed E-state index contributed by atoms with van der Waals surface area (Å²) in [4.78, 5) is 0. The second kappa shape index (κ2) is 13.0. The van der Waals surface area contributed by atoms with Gasteiger partial charge in [0, 0.05) is 7.11 Å². The van der Waals surface area contributed by atoms with E-state index in [0.717, 1.165) is 30.8 Å². The topological polar surface area (TPSA) is 20.2 Å². The number of aliphatic hydroxyl groups is 1. The summed E-state index contributed by atoms with van der Waals surface area (Å²) in [6.45, 7) is 11.9. The lowest BCUT2D eigenvalue weighted by Gasteiger charge is -2.32. The van der Waals surface area contributed by atoms with E-state index in [-0.39, 0.29) is 0 Å². The van der Waals surface area contributed by atoms with Crippen LogP contribution in [0.5, 0.6) is 0 Å². The van der Waals surface area contributed by atoms with E-state index in [1.807, 2.05) is 5.57 Å². The molecule has 1 heteroatoms. The van der Waals surface area contributed by atoms with Crippen LogP contribution in [-0.4, -0.2) is 12.2 Å². The highest BCUT2D eigenvalue weighted by atomic mass is 16.2. The Balaban J connectivity index is 0.00000166. The Morgan fingerprint density at radius 2 is 1.71 bits per heavy atom. The molecule has 178 valence electrons. The predicted molar refractivity (Wildman–Crippen MR) is 137 cm³/mol. The third-order valence-electron chi connectivity index (χ3n) is 8.14. The van der Waals surface area contributed by atoms with Gasteiger partial charge < -0.3 is 5.11 Å². The second-order valence-electron chi connectivity index (χ2n) is 11.7. The largest absolute Gasteiger partial charge is 0.400 e. The molecule has 0 amide bonds. The van der Waals surface area contributed by atoms with E-state index in [4.69, 9.17) is 5.11 Å². The van der Waals surface area contributed by atoms with Gasteiger partial charge in [-0.1, -0.05) is 88.8 Å². The third kappa shape index (κ3) is 8.23. The Morgan fingerprint density at radius 3 is 2.39 bits per heavy atom. The predicted octanol–water partition coefficient (Wildman–Crippen LogP) is 9.04. The van der Waals surface area contributed by atoms with Gasteiger partial charge in [0.15, 0.2) is 0 Å². The highest BCUT2D eigenvalue weighted by Crippen LogP contribution is 2.50. The second-order valence-corrected chi connectivity index (χ2v) is 11.7. The van der Waals surface area contributed by atoms with Crippen LogP contribution in [0.4, 0.5) is 0 Å². The van der Waals surface area contributed by atoms with Crippen molar-refractivity contribution in [3.8, 4) is 0 Å². The van der Waals surface area contributed by atoms with Gasteiger partial charge in [0.25, 0.3) is 0 Å². The Kier molecular flexibility index (Phi) is 11.1. The van der Waals surface area contributed by atoms with Crippen LogP contribution < -0.4 is 0 Å². The zero-order valence-electron chi connectivity index (χ0n) is 21.7. The van der Waals surface area contributed by atoms with E-state index in [1.165, 1.54) is 83.5 Å². The van der Waals surface area contributed by atoms with Crippen LogP contribution in [0, 0.1) is 29.1 Å². The number of rotatable bonds is 6. The van der Waals surface area contributed by atoms with Crippen molar-refractivity contribution < 1.29 is 5.11 Å². The first-order chi connectivity index (χ1) is 14.9. The fourth-order valence-corrected chi connectivity index (χ4v) is 6.52. The van der Waals surface area contributed by atoms with Crippen molar-refractivity contribution in [2.24, 2.45) is 29.1 Å². The molecule has 3 aliphatic carbocycles. The van der Waals surface area contributed by atoms with Crippen molar-refractivity contribution in [1.29, 1.82) is 0 Å². The molecular weight excluding hydrogens is 376 g/mol. The maximum Gasteiger partial charge on any atom is 0.0319 e. The standard InChI is InChI=1S/C29H48.CH4O/c1-6-10-24-16-14-23(21-22(24)2)15-17-26-12-9-13-27-25(18-19-28(26)27)11-7-8-20-29(3,4)5;1-2/h10,15,17,22,25,27-28H,6-9,11-14,16,18-21H2,1-5H3;2H,1H3/b23-15-,24-10-,26-17+;/t22-,25?,27?,28?;/m1./s1. The molecule has 3 unspecified atom stereocenters. The maximum absolute atomic E-state index is 7.00. The molecule has 3 aliphatic rings. The molecule has 3 rings (SSSR count). The van der Waals surface area contributed by atoms with Crippen LogP contribution in [0.25, 0.3) is 0 Å². The third-order valence-corrected chi connectivity index (χ3v) is 8.14. The van der Waals surface area contributed by atoms with Crippen LogP contribution >= 0.6 is 0 Å². The van der Waals surface area contributed by atoms with Crippen molar-refractivity contribution in [2.45, 2.75) is 118 Å². The minimum absolute atomic E-state index is 0.510. The average molecular weight is 429 g/mol. The summed E-state index contributed by atoms with van der Waals surface area (Å²) < 4.78 is 0. The van der Waals surface area contributed by atoms with Gasteiger partial charge in [-0.15, -0.1) is 0 Å². The lowest BCUT2D eigenvalue weighted by Crippen LogP contribution is -2.21. The van der Waals surface area contributed by atoms with Gasteiger partial charge >= 0.3 is 0 Å². The molecule has 3 fully saturated rings. The molecule has 1 nitrogen and oxygen atoms in total. The van der Waals surface area contributed by atoms with E-state index < -0.39 is 0 Å². The lowest BCUT2D eigenvalue weighted by atomic mass is 9.73. The van der Waals surface area contributed by atoms with Crippen molar-refractivity contribution >= 4 is 0 Å². The molecule has 0 aromatic carbocycles. The van der Waals surface area contributed by atoms with Crippen LogP contribution in [0.3, 0.4) is 0 Å². The number of fused-ring (bicyclic) bond motifs is 1. The van der Waals surface area contributed by atoms with E-state index in [0.29, 0.717) is 5.41 Å². The highest BCUT2D eigenvalue weighted by Gasteiger charge is 2.39. The molecule has 3 saturated carbocycles. The van der Waals surface area contributed by atoms with E-state index in [9.17, 15) is 0 Å². The number of aliphatic hydroxyl groups excluding tert-OH is 1. The Bertz CT molecular complexity index is 615. The van der Waals surface area contributed by atoms with E-state index in [1.54, 1.807) is 11.1 Å². The fraction of sp³-hybridized carbons (Fsp3) is 0.800. The molecule has 31 heavy (non-hydrogen) atoms.